The number of fused-ring (bicyclic) bond motifs is 1. The Bertz CT molecular complexity index is 1310. The van der Waals surface area contributed by atoms with Crippen molar-refractivity contribution < 1.29 is 33.8 Å². The number of carbonyl (C=O) groups excluding carboxylic acids is 4. The van der Waals surface area contributed by atoms with Gasteiger partial charge in [-0.05, 0) is 31.2 Å². The summed E-state index contributed by atoms with van der Waals surface area (Å²) in [5, 5.41) is 12.0. The van der Waals surface area contributed by atoms with Crippen LogP contribution in [0.15, 0.2) is 41.6 Å². The fourth-order valence-electron chi connectivity index (χ4n) is 5.30. The number of hydrogen-bond acceptors (Lipinski definition) is 10. The highest BCUT2D eigenvalue weighted by molar-refractivity contribution is 8.00. The summed E-state index contributed by atoms with van der Waals surface area (Å²) in [4.78, 5) is 66.5. The van der Waals surface area contributed by atoms with Crippen LogP contribution in [-0.2, 0) is 35.1 Å². The molecule has 0 aliphatic carbocycles. The van der Waals surface area contributed by atoms with E-state index in [4.69, 9.17) is 28.4 Å². The highest BCUT2D eigenvalue weighted by atomic mass is 32.2. The van der Waals surface area contributed by atoms with Gasteiger partial charge in [0.05, 0.1) is 17.6 Å². The second kappa shape index (κ2) is 14.4. The number of likely N-dealkylation sites (N-methyl/N-ethyl adjacent to an activating group) is 1. The first kappa shape index (κ1) is 34.2. The number of benzene rings is 1. The van der Waals surface area contributed by atoms with Crippen LogP contribution in [0.2, 0.25) is 0 Å². The van der Waals surface area contributed by atoms with Crippen molar-refractivity contribution in [1.82, 2.24) is 15.1 Å². The summed E-state index contributed by atoms with van der Waals surface area (Å²) in [7, 11) is 0. The van der Waals surface area contributed by atoms with Crippen LogP contribution in [0.4, 0.5) is 0 Å². The van der Waals surface area contributed by atoms with Gasteiger partial charge in [0.15, 0.2) is 11.3 Å². The van der Waals surface area contributed by atoms with Crippen LogP contribution in [0.1, 0.15) is 39.7 Å². The van der Waals surface area contributed by atoms with E-state index in [1.54, 1.807) is 11.8 Å². The molecule has 2 amide bonds. The van der Waals surface area contributed by atoms with Crippen LogP contribution < -0.4 is 16.8 Å². The van der Waals surface area contributed by atoms with Crippen LogP contribution in [0.3, 0.4) is 0 Å². The summed E-state index contributed by atoms with van der Waals surface area (Å²) in [5.74, 6) is -3.47. The number of ether oxygens (including phenoxy) is 1. The lowest BCUT2D eigenvalue weighted by atomic mass is 9.81. The van der Waals surface area contributed by atoms with Gasteiger partial charge in [0.25, 0.3) is 5.91 Å². The SMILES string of the molecule is CCN(C(=S)CNC(=O)[C@@](N)(CC(C)C)C(=O)[C@@H](N)Cc1ccccc1)[C@@H]1C(=O)N2C(C(=O)O)=C(COC(C)=O)CS[C@@H]12. The molecule has 12 nitrogen and oxygen atoms in total. The third-order valence-electron chi connectivity index (χ3n) is 7.28. The predicted molar refractivity (Wildman–Crippen MR) is 166 cm³/mol. The Morgan fingerprint density at radius 3 is 2.47 bits per heavy atom. The van der Waals surface area contributed by atoms with Gasteiger partial charge in [-0.15, -0.1) is 11.8 Å². The molecule has 1 saturated heterocycles. The zero-order valence-corrected chi connectivity index (χ0v) is 26.3. The molecule has 1 aromatic carbocycles. The standard InChI is InChI=1S/C29H39N5O7S2/c1-5-33(23-25(37)34-22(27(38)39)19(14-41-17(4)35)15-43-26(23)34)21(42)13-32-28(40)29(31,12-16(2)3)24(36)20(30)11-18-9-7-6-8-10-18/h6-10,16,20,23,26H,5,11-15,30-31H2,1-4H3,(H,32,40)(H,38,39)/t20-,23+,26-,29+/m0/s1. The van der Waals surface area contributed by atoms with Crippen molar-refractivity contribution in [3.05, 3.63) is 47.2 Å². The molecule has 234 valence electrons. The third-order valence-corrected chi connectivity index (χ3v) is 8.98. The molecule has 0 radical (unpaired) electrons. The molecule has 6 N–H and O–H groups in total. The summed E-state index contributed by atoms with van der Waals surface area (Å²) in [5.41, 5.74) is 11.8. The molecule has 0 aromatic heterocycles. The van der Waals surface area contributed by atoms with Gasteiger partial charge in [-0.1, -0.05) is 56.4 Å². The van der Waals surface area contributed by atoms with Crippen molar-refractivity contribution in [1.29, 1.82) is 0 Å². The Balaban J connectivity index is 1.71. The first-order valence-electron chi connectivity index (χ1n) is 14.0. The van der Waals surface area contributed by atoms with E-state index in [0.717, 1.165) is 5.56 Å². The second-order valence-corrected chi connectivity index (χ2v) is 12.6. The third kappa shape index (κ3) is 7.61. The van der Waals surface area contributed by atoms with Gasteiger partial charge in [-0.3, -0.25) is 24.1 Å². The zero-order valence-electron chi connectivity index (χ0n) is 24.7. The maximum Gasteiger partial charge on any atom is 0.352 e. The highest BCUT2D eigenvalue weighted by Gasteiger charge is 2.56. The van der Waals surface area contributed by atoms with E-state index in [1.165, 1.54) is 23.6 Å². The van der Waals surface area contributed by atoms with E-state index >= 15 is 0 Å². The molecule has 2 aliphatic heterocycles. The molecule has 1 fully saturated rings. The van der Waals surface area contributed by atoms with E-state index < -0.39 is 52.5 Å². The van der Waals surface area contributed by atoms with Crippen molar-refractivity contribution in [2.75, 3.05) is 25.4 Å². The number of carbonyl (C=O) groups is 5. The first-order chi connectivity index (χ1) is 20.2. The van der Waals surface area contributed by atoms with E-state index in [-0.39, 0.29) is 48.3 Å². The fraction of sp³-hybridized carbons (Fsp3) is 0.517. The number of thioether (sulfide) groups is 1. The number of Topliss-reactive ketones (excluding diaryl/α,β-unsaturated/α-hetero) is 1. The fourth-order valence-corrected chi connectivity index (χ4v) is 7.01. The normalized spacial score (nSPS) is 20.0. The van der Waals surface area contributed by atoms with Gasteiger partial charge in [-0.2, -0.15) is 0 Å². The van der Waals surface area contributed by atoms with Crippen LogP contribution in [0.25, 0.3) is 0 Å². The van der Waals surface area contributed by atoms with Crippen molar-refractivity contribution in [3.63, 3.8) is 0 Å². The molecular weight excluding hydrogens is 594 g/mol. The van der Waals surface area contributed by atoms with Gasteiger partial charge >= 0.3 is 11.9 Å². The predicted octanol–water partition coefficient (Wildman–Crippen LogP) is 0.820. The minimum Gasteiger partial charge on any atom is -0.477 e. The van der Waals surface area contributed by atoms with Gasteiger partial charge in [0, 0.05) is 24.8 Å². The molecule has 0 unspecified atom stereocenters. The number of rotatable bonds is 14. The minimum absolute atomic E-state index is 0.0686. The van der Waals surface area contributed by atoms with Crippen molar-refractivity contribution in [2.45, 2.75) is 63.5 Å². The number of carboxylic acid groups (broad SMARTS) is 1. The van der Waals surface area contributed by atoms with E-state index in [2.05, 4.69) is 5.32 Å². The maximum atomic E-state index is 13.5. The quantitative estimate of drug-likeness (QED) is 0.0980. The molecule has 0 spiro atoms. The molecule has 1 aromatic rings. The van der Waals surface area contributed by atoms with Crippen molar-refractivity contribution in [2.24, 2.45) is 17.4 Å². The number of nitrogens with zero attached hydrogens (tertiary/aromatic N) is 2. The zero-order chi connectivity index (χ0) is 32.1. The molecule has 2 heterocycles. The number of amides is 2. The summed E-state index contributed by atoms with van der Waals surface area (Å²) in [6, 6.07) is 7.45. The average Bonchev–Trinajstić information content (AvgIpc) is 2.96. The molecular formula is C29H39N5O7S2. The smallest absolute Gasteiger partial charge is 0.352 e. The van der Waals surface area contributed by atoms with E-state index in [1.807, 2.05) is 44.2 Å². The number of ketones is 1. The first-order valence-corrected chi connectivity index (χ1v) is 15.4. The van der Waals surface area contributed by atoms with E-state index in [0.29, 0.717) is 12.1 Å². The largest absolute Gasteiger partial charge is 0.477 e. The Morgan fingerprint density at radius 2 is 1.91 bits per heavy atom. The van der Waals surface area contributed by atoms with Crippen LogP contribution in [-0.4, -0.2) is 97.9 Å². The maximum absolute atomic E-state index is 13.5. The molecule has 43 heavy (non-hydrogen) atoms. The Labute approximate surface area is 260 Å². The molecule has 0 saturated carbocycles. The molecule has 14 heteroatoms. The topological polar surface area (TPSA) is 185 Å². The summed E-state index contributed by atoms with van der Waals surface area (Å²) < 4.78 is 4.98. The Hall–Kier alpha value is -3.33. The number of thiocarbonyl (C=S) groups is 1. The van der Waals surface area contributed by atoms with E-state index in [9.17, 15) is 29.1 Å². The van der Waals surface area contributed by atoms with Crippen LogP contribution in [0, 0.1) is 5.92 Å². The molecule has 2 aliphatic rings. The number of nitrogens with one attached hydrogen (secondary N) is 1. The highest BCUT2D eigenvalue weighted by Crippen LogP contribution is 2.42. The number of nitrogens with two attached hydrogens (primary N) is 2. The second-order valence-electron chi connectivity index (χ2n) is 11.0. The van der Waals surface area contributed by atoms with Crippen LogP contribution in [0.5, 0.6) is 0 Å². The van der Waals surface area contributed by atoms with Gasteiger partial charge in [0.1, 0.15) is 23.7 Å². The molecule has 3 rings (SSSR count). The Morgan fingerprint density at radius 1 is 1.26 bits per heavy atom. The Kier molecular flexibility index (Phi) is 11.5. The number of carboxylic acids is 1. The molecule has 4 atom stereocenters. The average molecular weight is 634 g/mol. The summed E-state index contributed by atoms with van der Waals surface area (Å²) in [6.07, 6.45) is 0.292. The summed E-state index contributed by atoms with van der Waals surface area (Å²) in [6.45, 7) is 6.62. The van der Waals surface area contributed by atoms with Gasteiger partial charge in [0.2, 0.25) is 5.91 Å². The lowest BCUT2D eigenvalue weighted by Crippen LogP contribution is -2.72. The lowest BCUT2D eigenvalue weighted by molar-refractivity contribution is -0.152. The monoisotopic (exact) mass is 633 g/mol. The minimum atomic E-state index is -1.89. The van der Waals surface area contributed by atoms with Crippen molar-refractivity contribution >= 4 is 58.5 Å². The number of hydrogen-bond donors (Lipinski definition) is 4. The van der Waals surface area contributed by atoms with Gasteiger partial charge in [-0.25, -0.2) is 4.79 Å². The van der Waals surface area contributed by atoms with Crippen LogP contribution >= 0.6 is 24.0 Å². The lowest BCUT2D eigenvalue weighted by Gasteiger charge is -2.53. The number of β-lactam (4-membered cyclic amide) rings is 1. The molecule has 0 bridgehead atoms. The van der Waals surface area contributed by atoms with Gasteiger partial charge < -0.3 is 31.5 Å². The number of aliphatic carboxylic acids is 1. The number of esters is 1. The van der Waals surface area contributed by atoms with Crippen molar-refractivity contribution in [3.8, 4) is 0 Å². The summed E-state index contributed by atoms with van der Waals surface area (Å²) >= 11 is 6.94.